The minimum Gasteiger partial charge on any atom is -0.419 e. The van der Waals surface area contributed by atoms with Crippen molar-refractivity contribution in [1.82, 2.24) is 29.9 Å². The Morgan fingerprint density at radius 1 is 1.23 bits per heavy atom. The van der Waals surface area contributed by atoms with E-state index < -0.39 is 0 Å². The number of aromatic nitrogens is 5. The second-order valence-electron chi connectivity index (χ2n) is 7.43. The predicted octanol–water partition coefficient (Wildman–Crippen LogP) is 4.34. The zero-order chi connectivity index (χ0) is 22.1. The van der Waals surface area contributed by atoms with E-state index >= 15 is 0 Å². The van der Waals surface area contributed by atoms with Gasteiger partial charge in [-0.25, -0.2) is 4.98 Å². The fourth-order valence-electron chi connectivity index (χ4n) is 3.66. The van der Waals surface area contributed by atoms with Gasteiger partial charge in [-0.3, -0.25) is 9.48 Å². The highest BCUT2D eigenvalue weighted by Crippen LogP contribution is 2.27. The predicted molar refractivity (Wildman–Crippen MR) is 118 cm³/mol. The highest BCUT2D eigenvalue weighted by molar-refractivity contribution is 6.33. The lowest BCUT2D eigenvalue weighted by molar-refractivity contribution is 0.0730. The van der Waals surface area contributed by atoms with Gasteiger partial charge in [0.2, 0.25) is 11.8 Å². The third kappa shape index (κ3) is 4.03. The molecule has 9 heteroatoms. The highest BCUT2D eigenvalue weighted by Gasteiger charge is 2.24. The fourth-order valence-corrected chi connectivity index (χ4v) is 3.87. The average Bonchev–Trinajstić information content (AvgIpc) is 3.31. The molecule has 1 amide bonds. The minimum absolute atomic E-state index is 0.119. The van der Waals surface area contributed by atoms with Gasteiger partial charge in [0, 0.05) is 19.3 Å². The molecule has 0 atom stereocenters. The number of halogens is 1. The van der Waals surface area contributed by atoms with E-state index in [4.69, 9.17) is 16.0 Å². The maximum Gasteiger partial charge on any atom is 0.255 e. The number of rotatable bonds is 6. The number of nitrogens with zero attached hydrogens (tertiary/aromatic N) is 6. The SMILES string of the molecule is CCCN(Cc1nnc(-c2ccccc2Cl)o1)C(=O)c1cc(C)nc2c1c(C)nn2C. The van der Waals surface area contributed by atoms with Crippen molar-refractivity contribution in [2.75, 3.05) is 6.54 Å². The van der Waals surface area contributed by atoms with Crippen LogP contribution in [0.15, 0.2) is 34.7 Å². The number of benzene rings is 1. The van der Waals surface area contributed by atoms with Gasteiger partial charge in [0.1, 0.15) is 0 Å². The lowest BCUT2D eigenvalue weighted by Gasteiger charge is -2.21. The van der Waals surface area contributed by atoms with Crippen LogP contribution in [0.25, 0.3) is 22.5 Å². The Morgan fingerprint density at radius 3 is 2.74 bits per heavy atom. The molecule has 1 aromatic carbocycles. The summed E-state index contributed by atoms with van der Waals surface area (Å²) in [6.07, 6.45) is 0.788. The number of aryl methyl sites for hydroxylation is 3. The normalized spacial score (nSPS) is 11.3. The summed E-state index contributed by atoms with van der Waals surface area (Å²) in [4.78, 5) is 19.8. The molecule has 0 spiro atoms. The van der Waals surface area contributed by atoms with Gasteiger partial charge < -0.3 is 9.32 Å². The van der Waals surface area contributed by atoms with Crippen molar-refractivity contribution in [3.8, 4) is 11.5 Å². The number of amides is 1. The molecular formula is C22H23ClN6O2. The van der Waals surface area contributed by atoms with Crippen LogP contribution in [0.5, 0.6) is 0 Å². The first kappa shape index (κ1) is 21.0. The van der Waals surface area contributed by atoms with Crippen molar-refractivity contribution in [2.45, 2.75) is 33.7 Å². The Balaban J connectivity index is 1.67. The monoisotopic (exact) mass is 438 g/mol. The van der Waals surface area contributed by atoms with Crippen molar-refractivity contribution >= 4 is 28.5 Å². The smallest absolute Gasteiger partial charge is 0.255 e. The average molecular weight is 439 g/mol. The van der Waals surface area contributed by atoms with E-state index in [1.807, 2.05) is 52.1 Å². The Hall–Kier alpha value is -3.26. The third-order valence-corrected chi connectivity index (χ3v) is 5.33. The number of fused-ring (bicyclic) bond motifs is 1. The second-order valence-corrected chi connectivity index (χ2v) is 7.83. The molecular weight excluding hydrogens is 416 g/mol. The molecule has 3 aromatic heterocycles. The van der Waals surface area contributed by atoms with Gasteiger partial charge in [0.15, 0.2) is 5.65 Å². The lowest BCUT2D eigenvalue weighted by Crippen LogP contribution is -2.31. The summed E-state index contributed by atoms with van der Waals surface area (Å²) in [5, 5.41) is 14.0. The number of hydrogen-bond acceptors (Lipinski definition) is 6. The van der Waals surface area contributed by atoms with Gasteiger partial charge in [-0.2, -0.15) is 5.10 Å². The molecule has 0 radical (unpaired) electrons. The fraction of sp³-hybridized carbons (Fsp3) is 0.318. The maximum absolute atomic E-state index is 13.5. The summed E-state index contributed by atoms with van der Waals surface area (Å²) < 4.78 is 7.52. The van der Waals surface area contributed by atoms with E-state index in [-0.39, 0.29) is 12.5 Å². The van der Waals surface area contributed by atoms with Gasteiger partial charge in [-0.15, -0.1) is 10.2 Å². The van der Waals surface area contributed by atoms with Crippen molar-refractivity contribution in [2.24, 2.45) is 7.05 Å². The summed E-state index contributed by atoms with van der Waals surface area (Å²) >= 11 is 6.23. The molecule has 4 aromatic rings. The summed E-state index contributed by atoms with van der Waals surface area (Å²) in [6, 6.07) is 9.08. The van der Waals surface area contributed by atoms with Crippen LogP contribution in [0.4, 0.5) is 0 Å². The zero-order valence-corrected chi connectivity index (χ0v) is 18.6. The van der Waals surface area contributed by atoms with Gasteiger partial charge >= 0.3 is 0 Å². The van der Waals surface area contributed by atoms with Crippen molar-refractivity contribution in [3.63, 3.8) is 0 Å². The Kier molecular flexibility index (Phi) is 5.73. The van der Waals surface area contributed by atoms with Crippen LogP contribution in [0, 0.1) is 13.8 Å². The van der Waals surface area contributed by atoms with E-state index in [0.717, 1.165) is 23.2 Å². The van der Waals surface area contributed by atoms with Gasteiger partial charge in [-0.1, -0.05) is 30.7 Å². The van der Waals surface area contributed by atoms with Crippen LogP contribution >= 0.6 is 11.6 Å². The molecule has 4 rings (SSSR count). The van der Waals surface area contributed by atoms with Gasteiger partial charge in [-0.05, 0) is 38.5 Å². The minimum atomic E-state index is -0.119. The van der Waals surface area contributed by atoms with E-state index in [9.17, 15) is 4.79 Å². The molecule has 0 bridgehead atoms. The molecule has 3 heterocycles. The summed E-state index contributed by atoms with van der Waals surface area (Å²) in [7, 11) is 1.83. The maximum atomic E-state index is 13.5. The standard InChI is InChI=1S/C22H23ClN6O2/c1-5-10-29(12-18-25-26-21(31-18)15-8-6-7-9-17(15)23)22(30)16-11-13(2)24-20-19(16)14(3)27-28(20)4/h6-9,11H,5,10,12H2,1-4H3. The quantitative estimate of drug-likeness (QED) is 0.444. The Labute approximate surface area is 184 Å². The molecule has 0 saturated heterocycles. The van der Waals surface area contributed by atoms with Crippen LogP contribution in [-0.4, -0.2) is 42.3 Å². The first-order chi connectivity index (χ1) is 14.9. The first-order valence-corrected chi connectivity index (χ1v) is 10.4. The first-order valence-electron chi connectivity index (χ1n) is 10.1. The van der Waals surface area contributed by atoms with Crippen LogP contribution in [0.1, 0.15) is 41.0 Å². The van der Waals surface area contributed by atoms with Crippen molar-refractivity contribution in [3.05, 3.63) is 58.2 Å². The molecule has 8 nitrogen and oxygen atoms in total. The molecule has 31 heavy (non-hydrogen) atoms. The molecule has 0 saturated carbocycles. The van der Waals surface area contributed by atoms with Gasteiger partial charge in [0.05, 0.1) is 33.8 Å². The molecule has 160 valence electrons. The largest absolute Gasteiger partial charge is 0.419 e. The van der Waals surface area contributed by atoms with E-state index in [1.165, 1.54) is 0 Å². The van der Waals surface area contributed by atoms with Crippen LogP contribution in [-0.2, 0) is 13.6 Å². The summed E-state index contributed by atoms with van der Waals surface area (Å²) in [5.74, 6) is 0.558. The van der Waals surface area contributed by atoms with Crippen molar-refractivity contribution in [1.29, 1.82) is 0 Å². The topological polar surface area (TPSA) is 89.9 Å². The van der Waals surface area contributed by atoms with E-state index in [0.29, 0.717) is 40.1 Å². The second kappa shape index (κ2) is 8.47. The number of hydrogen-bond donors (Lipinski definition) is 0. The van der Waals surface area contributed by atoms with Crippen molar-refractivity contribution < 1.29 is 9.21 Å². The third-order valence-electron chi connectivity index (χ3n) is 5.01. The Bertz CT molecular complexity index is 1260. The summed E-state index contributed by atoms with van der Waals surface area (Å²) in [5.41, 5.74) is 3.45. The molecule has 0 N–H and O–H groups in total. The summed E-state index contributed by atoms with van der Waals surface area (Å²) in [6.45, 7) is 6.52. The molecule has 0 aliphatic carbocycles. The number of pyridine rings is 1. The number of carbonyl (C=O) groups is 1. The Morgan fingerprint density at radius 2 is 2.00 bits per heavy atom. The van der Waals surface area contributed by atoms with Crippen LogP contribution in [0.3, 0.4) is 0 Å². The lowest BCUT2D eigenvalue weighted by atomic mass is 10.1. The highest BCUT2D eigenvalue weighted by atomic mass is 35.5. The zero-order valence-electron chi connectivity index (χ0n) is 17.9. The van der Waals surface area contributed by atoms with Gasteiger partial charge in [0.25, 0.3) is 5.91 Å². The van der Waals surface area contributed by atoms with E-state index in [1.54, 1.807) is 15.6 Å². The number of carbonyl (C=O) groups excluding carboxylic acids is 1. The molecule has 0 fully saturated rings. The molecule has 0 aliphatic heterocycles. The van der Waals surface area contributed by atoms with E-state index in [2.05, 4.69) is 20.3 Å². The van der Waals surface area contributed by atoms with Crippen LogP contribution in [0.2, 0.25) is 5.02 Å². The molecule has 0 aliphatic rings. The molecule has 0 unspecified atom stereocenters. The van der Waals surface area contributed by atoms with Crippen LogP contribution < -0.4 is 0 Å².